The third-order valence-corrected chi connectivity index (χ3v) is 9.26. The van der Waals surface area contributed by atoms with E-state index in [1.807, 2.05) is 27.2 Å². The molecule has 0 fully saturated rings. The van der Waals surface area contributed by atoms with E-state index in [0.717, 1.165) is 89.9 Å². The van der Waals surface area contributed by atoms with Gasteiger partial charge in [-0.2, -0.15) is 0 Å². The molecule has 2 unspecified atom stereocenters. The van der Waals surface area contributed by atoms with Crippen molar-refractivity contribution in [1.82, 2.24) is 0 Å². The SMILES string of the molecule is CC/C=C\C/C=C\C/C=C\C/C=C\C/C=C\C/C=C\C/C=C\CCCC(=O)OC(COC(=O)CCCCCCC/C=C\C/C=C\CCCC)COC(OCC[N+](C)(C)C)C(=O)O. The van der Waals surface area contributed by atoms with E-state index in [9.17, 15) is 19.5 Å². The van der Waals surface area contributed by atoms with Gasteiger partial charge in [-0.25, -0.2) is 4.79 Å². The topological polar surface area (TPSA) is 108 Å². The minimum Gasteiger partial charge on any atom is -0.477 e. The summed E-state index contributed by atoms with van der Waals surface area (Å²) in [7, 11) is 5.92. The largest absolute Gasteiger partial charge is 0.477 e. The molecule has 1 N–H and O–H groups in total. The molecule has 0 aliphatic carbocycles. The van der Waals surface area contributed by atoms with Crippen molar-refractivity contribution in [2.75, 3.05) is 47.5 Å². The van der Waals surface area contributed by atoms with Crippen molar-refractivity contribution in [3.05, 3.63) is 109 Å². The summed E-state index contributed by atoms with van der Waals surface area (Å²) in [5.74, 6) is -2.13. The average molecular weight is 865 g/mol. The molecule has 0 bridgehead atoms. The number of unbranched alkanes of at least 4 members (excludes halogenated alkanes) is 8. The number of aliphatic carboxylic acids is 1. The first-order chi connectivity index (χ1) is 30.1. The lowest BCUT2D eigenvalue weighted by molar-refractivity contribution is -0.870. The summed E-state index contributed by atoms with van der Waals surface area (Å²) in [6, 6.07) is 0. The molecule has 0 rings (SSSR count). The molecule has 0 aromatic carbocycles. The van der Waals surface area contributed by atoms with Gasteiger partial charge in [0.1, 0.15) is 13.2 Å². The Morgan fingerprint density at radius 2 is 0.935 bits per heavy atom. The zero-order chi connectivity index (χ0) is 45.6. The van der Waals surface area contributed by atoms with Crippen LogP contribution in [0.5, 0.6) is 0 Å². The fourth-order valence-electron chi connectivity index (χ4n) is 5.60. The minimum atomic E-state index is -1.53. The number of carboxylic acid groups (broad SMARTS) is 1. The summed E-state index contributed by atoms with van der Waals surface area (Å²) in [5, 5.41) is 9.64. The predicted molar refractivity (Wildman–Crippen MR) is 258 cm³/mol. The van der Waals surface area contributed by atoms with Crippen molar-refractivity contribution in [2.45, 2.75) is 161 Å². The van der Waals surface area contributed by atoms with Gasteiger partial charge in [0.2, 0.25) is 0 Å². The Labute approximate surface area is 377 Å². The first-order valence-corrected chi connectivity index (χ1v) is 23.6. The van der Waals surface area contributed by atoms with Crippen molar-refractivity contribution in [2.24, 2.45) is 0 Å². The fraction of sp³-hybridized carbons (Fsp3) is 0.604. The van der Waals surface area contributed by atoms with E-state index >= 15 is 0 Å². The number of ether oxygens (including phenoxy) is 4. The van der Waals surface area contributed by atoms with Crippen LogP contribution < -0.4 is 0 Å². The number of nitrogens with zero attached hydrogens (tertiary/aromatic N) is 1. The van der Waals surface area contributed by atoms with Crippen LogP contribution in [0.1, 0.15) is 149 Å². The highest BCUT2D eigenvalue weighted by molar-refractivity contribution is 5.71. The van der Waals surface area contributed by atoms with Gasteiger partial charge in [0.05, 0.1) is 34.4 Å². The number of likely N-dealkylation sites (N-methyl/N-ethyl adjacent to an activating group) is 1. The van der Waals surface area contributed by atoms with Gasteiger partial charge in [-0.05, 0) is 89.9 Å². The monoisotopic (exact) mass is 865 g/mol. The van der Waals surface area contributed by atoms with Crippen LogP contribution in [-0.4, -0.2) is 87.4 Å². The first kappa shape index (κ1) is 58.0. The average Bonchev–Trinajstić information content (AvgIpc) is 3.23. The third kappa shape index (κ3) is 44.0. The summed E-state index contributed by atoms with van der Waals surface area (Å²) in [6.45, 7) is 4.60. The molecule has 0 saturated heterocycles. The zero-order valence-corrected chi connectivity index (χ0v) is 39.5. The molecular weight excluding hydrogens is 779 g/mol. The number of allylic oxidation sites excluding steroid dienone is 18. The standard InChI is InChI=1S/C53H85NO8/c1-6-8-10-12-14-16-18-20-22-23-24-25-26-27-28-29-30-32-34-36-38-40-42-44-51(56)62-49(48-61-53(52(57)58)59-46-45-54(3,4)5)47-60-50(55)43-41-39-37-35-33-31-21-19-17-15-13-11-9-7-2/h8,10,13-16,19-22,24-25,27-28,30,32,36,38,49,53H,6-7,9,11-12,17-18,23,26,29,31,33-35,37,39-48H2,1-5H3/p+1/b10-8-,15-13-,16-14-,21-19-,22-20-,25-24-,28-27-,32-30-,38-36-. The van der Waals surface area contributed by atoms with Crippen LogP contribution in [0.4, 0.5) is 0 Å². The molecule has 0 aliphatic heterocycles. The Balaban J connectivity index is 4.56. The van der Waals surface area contributed by atoms with Crippen molar-refractivity contribution in [3.8, 4) is 0 Å². The highest BCUT2D eigenvalue weighted by Gasteiger charge is 2.25. The first-order valence-electron chi connectivity index (χ1n) is 23.6. The molecule has 0 saturated carbocycles. The van der Waals surface area contributed by atoms with E-state index in [4.69, 9.17) is 18.9 Å². The highest BCUT2D eigenvalue weighted by Crippen LogP contribution is 2.11. The number of hydrogen-bond acceptors (Lipinski definition) is 7. The molecule has 0 aromatic heterocycles. The zero-order valence-electron chi connectivity index (χ0n) is 39.5. The Hall–Kier alpha value is -4.05. The number of quaternary nitrogens is 1. The van der Waals surface area contributed by atoms with E-state index in [0.29, 0.717) is 30.3 Å². The molecule has 0 heterocycles. The van der Waals surface area contributed by atoms with Crippen LogP contribution in [-0.2, 0) is 33.3 Å². The molecule has 0 amide bonds. The molecule has 9 nitrogen and oxygen atoms in total. The van der Waals surface area contributed by atoms with Crippen molar-refractivity contribution in [3.63, 3.8) is 0 Å². The summed E-state index contributed by atoms with van der Waals surface area (Å²) >= 11 is 0. The second kappa shape index (κ2) is 43.6. The third-order valence-electron chi connectivity index (χ3n) is 9.26. The Morgan fingerprint density at radius 1 is 0.500 bits per heavy atom. The lowest BCUT2D eigenvalue weighted by atomic mass is 10.1. The van der Waals surface area contributed by atoms with Gasteiger partial charge < -0.3 is 28.5 Å². The van der Waals surface area contributed by atoms with Crippen molar-refractivity contribution in [1.29, 1.82) is 0 Å². The highest BCUT2D eigenvalue weighted by atomic mass is 16.7. The maximum absolute atomic E-state index is 12.8. The molecule has 9 heteroatoms. The van der Waals surface area contributed by atoms with Gasteiger partial charge in [-0.1, -0.05) is 155 Å². The lowest BCUT2D eigenvalue weighted by Crippen LogP contribution is -2.40. The summed E-state index contributed by atoms with van der Waals surface area (Å²) in [4.78, 5) is 37.1. The van der Waals surface area contributed by atoms with Gasteiger partial charge in [-0.15, -0.1) is 0 Å². The molecule has 62 heavy (non-hydrogen) atoms. The van der Waals surface area contributed by atoms with E-state index in [-0.39, 0.29) is 38.6 Å². The van der Waals surface area contributed by atoms with Crippen molar-refractivity contribution >= 4 is 17.9 Å². The minimum absolute atomic E-state index is 0.168. The predicted octanol–water partition coefficient (Wildman–Crippen LogP) is 12.8. The van der Waals surface area contributed by atoms with E-state index in [2.05, 4.69) is 117 Å². The Kier molecular flexibility index (Phi) is 40.7. The van der Waals surface area contributed by atoms with E-state index < -0.39 is 24.3 Å². The summed E-state index contributed by atoms with van der Waals surface area (Å²) in [5.41, 5.74) is 0. The maximum atomic E-state index is 12.8. The number of carbonyl (C=O) groups is 3. The van der Waals surface area contributed by atoms with Gasteiger partial charge in [-0.3, -0.25) is 9.59 Å². The molecule has 350 valence electrons. The lowest BCUT2D eigenvalue weighted by Gasteiger charge is -2.25. The molecule has 2 atom stereocenters. The Morgan fingerprint density at radius 3 is 1.42 bits per heavy atom. The number of hydrogen-bond donors (Lipinski definition) is 1. The molecule has 0 aromatic rings. The fourth-order valence-corrected chi connectivity index (χ4v) is 5.60. The van der Waals surface area contributed by atoms with Gasteiger partial charge >= 0.3 is 17.9 Å². The van der Waals surface area contributed by atoms with E-state index in [1.54, 1.807) is 0 Å². The van der Waals surface area contributed by atoms with Gasteiger partial charge in [0.15, 0.2) is 6.10 Å². The quantitative estimate of drug-likeness (QED) is 0.0213. The number of esters is 2. The smallest absolute Gasteiger partial charge is 0.361 e. The Bertz CT molecular complexity index is 1380. The molecule has 0 aliphatic rings. The summed E-state index contributed by atoms with van der Waals surface area (Å²) < 4.78 is 22.6. The number of rotatable bonds is 41. The van der Waals surface area contributed by atoms with Crippen LogP contribution >= 0.6 is 0 Å². The second-order valence-corrected chi connectivity index (χ2v) is 16.3. The van der Waals surface area contributed by atoms with E-state index in [1.165, 1.54) is 12.8 Å². The molecule has 0 radical (unpaired) electrons. The van der Waals surface area contributed by atoms with Gasteiger partial charge in [0.25, 0.3) is 6.29 Å². The van der Waals surface area contributed by atoms with Gasteiger partial charge in [0, 0.05) is 12.8 Å². The number of carbonyl (C=O) groups excluding carboxylic acids is 2. The van der Waals surface area contributed by atoms with Crippen LogP contribution in [0, 0.1) is 0 Å². The normalized spacial score (nSPS) is 13.9. The van der Waals surface area contributed by atoms with Crippen LogP contribution in [0.15, 0.2) is 109 Å². The van der Waals surface area contributed by atoms with Crippen LogP contribution in [0.2, 0.25) is 0 Å². The molecular formula is C53H86NO8+. The maximum Gasteiger partial charge on any atom is 0.361 e. The van der Waals surface area contributed by atoms with Crippen molar-refractivity contribution < 1.29 is 42.9 Å². The molecule has 0 spiro atoms. The second-order valence-electron chi connectivity index (χ2n) is 16.3. The van der Waals surface area contributed by atoms with Crippen LogP contribution in [0.25, 0.3) is 0 Å². The number of carboxylic acids is 1. The van der Waals surface area contributed by atoms with Crippen LogP contribution in [0.3, 0.4) is 0 Å². The summed E-state index contributed by atoms with van der Waals surface area (Å²) in [6.07, 6.45) is 55.9.